The average molecular weight is 237 g/mol. The zero-order valence-electron chi connectivity index (χ0n) is 10.2. The van der Waals surface area contributed by atoms with Crippen LogP contribution in [0.15, 0.2) is 18.3 Å². The highest BCUT2D eigenvalue weighted by molar-refractivity contribution is 5.91. The van der Waals surface area contributed by atoms with E-state index in [9.17, 15) is 9.90 Å². The number of amides is 1. The standard InChI is InChI=1S/C12H19N3O2/c1-8(2)5-10(7-16)15-9-3-4-14-11(6-9)12(13)17/h3-4,6,8,10,16H,5,7H2,1-2H3,(H2,13,17)(H,14,15). The highest BCUT2D eigenvalue weighted by atomic mass is 16.3. The maximum atomic E-state index is 11.0. The van der Waals surface area contributed by atoms with Crippen LogP contribution in [-0.4, -0.2) is 28.6 Å². The predicted molar refractivity (Wildman–Crippen MR) is 66.7 cm³/mol. The lowest BCUT2D eigenvalue weighted by Gasteiger charge is -2.19. The van der Waals surface area contributed by atoms with Gasteiger partial charge in [-0.2, -0.15) is 0 Å². The van der Waals surface area contributed by atoms with E-state index < -0.39 is 5.91 Å². The second kappa shape index (κ2) is 6.20. The molecule has 5 heteroatoms. The Balaban J connectivity index is 2.72. The summed E-state index contributed by atoms with van der Waals surface area (Å²) in [4.78, 5) is 14.8. The van der Waals surface area contributed by atoms with Crippen LogP contribution in [0.3, 0.4) is 0 Å². The van der Waals surface area contributed by atoms with Gasteiger partial charge in [0.25, 0.3) is 5.91 Å². The molecule has 0 bridgehead atoms. The number of pyridine rings is 1. The Labute approximate surface area is 101 Å². The van der Waals surface area contributed by atoms with Gasteiger partial charge in [0.2, 0.25) is 0 Å². The van der Waals surface area contributed by atoms with E-state index in [2.05, 4.69) is 24.1 Å². The first-order valence-corrected chi connectivity index (χ1v) is 5.66. The van der Waals surface area contributed by atoms with Crippen molar-refractivity contribution in [3.63, 3.8) is 0 Å². The number of hydrogen-bond acceptors (Lipinski definition) is 4. The minimum atomic E-state index is -0.557. The number of primary amides is 1. The first-order chi connectivity index (χ1) is 8.02. The molecule has 1 amide bonds. The number of nitrogens with zero attached hydrogens (tertiary/aromatic N) is 1. The Morgan fingerprint density at radius 1 is 1.59 bits per heavy atom. The molecule has 94 valence electrons. The number of nitrogens with one attached hydrogen (secondary N) is 1. The lowest BCUT2D eigenvalue weighted by Crippen LogP contribution is -2.26. The van der Waals surface area contributed by atoms with E-state index in [0.29, 0.717) is 5.92 Å². The van der Waals surface area contributed by atoms with Gasteiger partial charge in [0, 0.05) is 17.9 Å². The molecule has 17 heavy (non-hydrogen) atoms. The van der Waals surface area contributed by atoms with Crippen LogP contribution in [0.25, 0.3) is 0 Å². The van der Waals surface area contributed by atoms with Crippen LogP contribution >= 0.6 is 0 Å². The largest absolute Gasteiger partial charge is 0.394 e. The van der Waals surface area contributed by atoms with Gasteiger partial charge in [-0.3, -0.25) is 9.78 Å². The van der Waals surface area contributed by atoms with Crippen LogP contribution in [0.1, 0.15) is 30.8 Å². The van der Waals surface area contributed by atoms with Gasteiger partial charge in [-0.05, 0) is 24.5 Å². The molecule has 1 heterocycles. The summed E-state index contributed by atoms with van der Waals surface area (Å²) < 4.78 is 0. The van der Waals surface area contributed by atoms with Crippen molar-refractivity contribution in [3.05, 3.63) is 24.0 Å². The van der Waals surface area contributed by atoms with Gasteiger partial charge in [-0.25, -0.2) is 0 Å². The lowest BCUT2D eigenvalue weighted by atomic mass is 10.0. The number of rotatable bonds is 6. The van der Waals surface area contributed by atoms with E-state index in [1.165, 1.54) is 6.20 Å². The number of aliphatic hydroxyl groups excluding tert-OH is 1. The van der Waals surface area contributed by atoms with Gasteiger partial charge in [-0.1, -0.05) is 13.8 Å². The summed E-state index contributed by atoms with van der Waals surface area (Å²) in [5.41, 5.74) is 6.11. The van der Waals surface area contributed by atoms with Crippen LogP contribution in [0.5, 0.6) is 0 Å². The number of nitrogens with two attached hydrogens (primary N) is 1. The molecular weight excluding hydrogens is 218 g/mol. The molecule has 0 spiro atoms. The first kappa shape index (κ1) is 13.4. The fourth-order valence-electron chi connectivity index (χ4n) is 1.64. The van der Waals surface area contributed by atoms with E-state index in [-0.39, 0.29) is 18.3 Å². The molecular formula is C12H19N3O2. The zero-order chi connectivity index (χ0) is 12.8. The Morgan fingerprint density at radius 3 is 2.82 bits per heavy atom. The van der Waals surface area contributed by atoms with Gasteiger partial charge in [-0.15, -0.1) is 0 Å². The van der Waals surface area contributed by atoms with E-state index in [4.69, 9.17) is 5.73 Å². The molecule has 0 aromatic carbocycles. The van der Waals surface area contributed by atoms with Crippen molar-refractivity contribution in [1.29, 1.82) is 0 Å². The van der Waals surface area contributed by atoms with Crippen molar-refractivity contribution in [2.75, 3.05) is 11.9 Å². The van der Waals surface area contributed by atoms with E-state index in [1.807, 2.05) is 0 Å². The second-order valence-electron chi connectivity index (χ2n) is 4.45. The summed E-state index contributed by atoms with van der Waals surface area (Å²) in [5, 5.41) is 12.4. The Hall–Kier alpha value is -1.62. The van der Waals surface area contributed by atoms with Gasteiger partial charge in [0.05, 0.1) is 6.61 Å². The number of aliphatic hydroxyl groups is 1. The molecule has 0 radical (unpaired) electrons. The van der Waals surface area contributed by atoms with Crippen molar-refractivity contribution in [2.45, 2.75) is 26.3 Å². The Morgan fingerprint density at radius 2 is 2.29 bits per heavy atom. The maximum absolute atomic E-state index is 11.0. The van der Waals surface area contributed by atoms with Crippen molar-refractivity contribution in [1.82, 2.24) is 4.98 Å². The molecule has 0 saturated carbocycles. The molecule has 4 N–H and O–H groups in total. The molecule has 0 saturated heterocycles. The third kappa shape index (κ3) is 4.40. The third-order valence-electron chi connectivity index (χ3n) is 2.36. The van der Waals surface area contributed by atoms with Crippen LogP contribution in [0, 0.1) is 5.92 Å². The van der Waals surface area contributed by atoms with Crippen molar-refractivity contribution in [2.24, 2.45) is 11.7 Å². The third-order valence-corrected chi connectivity index (χ3v) is 2.36. The van der Waals surface area contributed by atoms with Gasteiger partial charge in [0.1, 0.15) is 5.69 Å². The van der Waals surface area contributed by atoms with Crippen molar-refractivity contribution < 1.29 is 9.90 Å². The molecule has 1 aromatic rings. The normalized spacial score (nSPS) is 12.5. The SMILES string of the molecule is CC(C)CC(CO)Nc1ccnc(C(N)=O)c1. The molecule has 1 atom stereocenters. The minimum absolute atomic E-state index is 0.0295. The fraction of sp³-hybridized carbons (Fsp3) is 0.500. The topological polar surface area (TPSA) is 88.2 Å². The summed E-state index contributed by atoms with van der Waals surface area (Å²) in [6, 6.07) is 3.30. The number of anilines is 1. The quantitative estimate of drug-likeness (QED) is 0.688. The molecule has 0 aliphatic rings. The molecule has 5 nitrogen and oxygen atoms in total. The highest BCUT2D eigenvalue weighted by Gasteiger charge is 2.10. The maximum Gasteiger partial charge on any atom is 0.267 e. The number of carbonyl (C=O) groups is 1. The van der Waals surface area contributed by atoms with Crippen molar-refractivity contribution in [3.8, 4) is 0 Å². The second-order valence-corrected chi connectivity index (χ2v) is 4.45. The molecule has 0 aliphatic carbocycles. The van der Waals surface area contributed by atoms with Crippen molar-refractivity contribution >= 4 is 11.6 Å². The van der Waals surface area contributed by atoms with Crippen LogP contribution in [0.2, 0.25) is 0 Å². The monoisotopic (exact) mass is 237 g/mol. The summed E-state index contributed by atoms with van der Waals surface area (Å²) >= 11 is 0. The van der Waals surface area contributed by atoms with E-state index >= 15 is 0 Å². The average Bonchev–Trinajstić information content (AvgIpc) is 2.28. The van der Waals surface area contributed by atoms with Crippen LogP contribution in [0.4, 0.5) is 5.69 Å². The van der Waals surface area contributed by atoms with E-state index in [1.54, 1.807) is 12.1 Å². The summed E-state index contributed by atoms with van der Waals surface area (Å²) in [6.45, 7) is 4.23. The van der Waals surface area contributed by atoms with Gasteiger partial charge >= 0.3 is 0 Å². The molecule has 1 unspecified atom stereocenters. The molecule has 0 fully saturated rings. The molecule has 1 rings (SSSR count). The van der Waals surface area contributed by atoms with Gasteiger partial charge in [0.15, 0.2) is 0 Å². The smallest absolute Gasteiger partial charge is 0.267 e. The summed E-state index contributed by atoms with van der Waals surface area (Å²) in [5.74, 6) is -0.0739. The summed E-state index contributed by atoms with van der Waals surface area (Å²) in [6.07, 6.45) is 2.37. The first-order valence-electron chi connectivity index (χ1n) is 5.66. The predicted octanol–water partition coefficient (Wildman–Crippen LogP) is 0.999. The number of carbonyl (C=O) groups excluding carboxylic acids is 1. The van der Waals surface area contributed by atoms with Gasteiger partial charge < -0.3 is 16.2 Å². The Kier molecular flexibility index (Phi) is 4.90. The zero-order valence-corrected chi connectivity index (χ0v) is 10.2. The molecule has 1 aromatic heterocycles. The molecule has 0 aliphatic heterocycles. The highest BCUT2D eigenvalue weighted by Crippen LogP contribution is 2.13. The lowest BCUT2D eigenvalue weighted by molar-refractivity contribution is 0.0995. The fourth-order valence-corrected chi connectivity index (χ4v) is 1.64. The van der Waals surface area contributed by atoms with E-state index in [0.717, 1.165) is 12.1 Å². The summed E-state index contributed by atoms with van der Waals surface area (Å²) in [7, 11) is 0. The number of hydrogen-bond donors (Lipinski definition) is 3. The minimum Gasteiger partial charge on any atom is -0.394 e. The Bertz CT molecular complexity index is 380. The van der Waals surface area contributed by atoms with Crippen LogP contribution < -0.4 is 11.1 Å². The van der Waals surface area contributed by atoms with Crippen LogP contribution in [-0.2, 0) is 0 Å². The number of aromatic nitrogens is 1.